The van der Waals surface area contributed by atoms with Crippen molar-refractivity contribution in [1.82, 2.24) is 10.6 Å². The summed E-state index contributed by atoms with van der Waals surface area (Å²) < 4.78 is 37.8. The van der Waals surface area contributed by atoms with Gasteiger partial charge in [-0.3, -0.25) is 4.79 Å². The van der Waals surface area contributed by atoms with Gasteiger partial charge in [0.15, 0.2) is 0 Å². The van der Waals surface area contributed by atoms with E-state index in [1.54, 1.807) is 0 Å². The summed E-state index contributed by atoms with van der Waals surface area (Å²) in [7, 11) is 0. The van der Waals surface area contributed by atoms with Crippen molar-refractivity contribution in [3.63, 3.8) is 0 Å². The summed E-state index contributed by atoms with van der Waals surface area (Å²) in [4.78, 5) is 12.2. The first-order valence-electron chi connectivity index (χ1n) is 7.96. The minimum atomic E-state index is -4.16. The van der Waals surface area contributed by atoms with E-state index in [1.807, 2.05) is 0 Å². The molecule has 1 saturated heterocycles. The Hall–Kier alpha value is -0.780. The smallest absolute Gasteiger partial charge is 0.352 e. The zero-order valence-electron chi connectivity index (χ0n) is 12.5. The first-order chi connectivity index (χ1) is 9.86. The van der Waals surface area contributed by atoms with Crippen molar-refractivity contribution in [3.8, 4) is 0 Å². The van der Waals surface area contributed by atoms with E-state index < -0.39 is 18.1 Å². The van der Waals surface area contributed by atoms with Crippen LogP contribution >= 0.6 is 0 Å². The van der Waals surface area contributed by atoms with Crippen LogP contribution in [-0.2, 0) is 4.79 Å². The van der Waals surface area contributed by atoms with Crippen molar-refractivity contribution in [1.29, 1.82) is 0 Å². The average molecular weight is 306 g/mol. The molecule has 2 fully saturated rings. The predicted molar refractivity (Wildman–Crippen MR) is 74.7 cm³/mol. The topological polar surface area (TPSA) is 41.1 Å². The van der Waals surface area contributed by atoms with Gasteiger partial charge in [0, 0.05) is 12.6 Å². The Kier molecular flexibility index (Phi) is 5.52. The molecule has 1 amide bonds. The predicted octanol–water partition coefficient (Wildman–Crippen LogP) is 3.00. The van der Waals surface area contributed by atoms with Crippen molar-refractivity contribution in [2.45, 2.75) is 70.1 Å². The Morgan fingerprint density at radius 3 is 2.48 bits per heavy atom. The summed E-state index contributed by atoms with van der Waals surface area (Å²) in [5.74, 6) is -0.747. The molecule has 0 bridgehead atoms. The highest BCUT2D eigenvalue weighted by Gasteiger charge is 2.42. The lowest BCUT2D eigenvalue weighted by Crippen LogP contribution is -2.53. The lowest BCUT2D eigenvalue weighted by atomic mass is 9.93. The van der Waals surface area contributed by atoms with Gasteiger partial charge in [-0.25, -0.2) is 0 Å². The van der Waals surface area contributed by atoms with Crippen LogP contribution in [0, 0.1) is 11.8 Å². The van der Waals surface area contributed by atoms with E-state index in [0.717, 1.165) is 25.7 Å². The molecular formula is C15H25F3N2O. The minimum Gasteiger partial charge on any atom is -0.352 e. The quantitative estimate of drug-likeness (QED) is 0.770. The van der Waals surface area contributed by atoms with Gasteiger partial charge in [-0.1, -0.05) is 19.8 Å². The Balaban J connectivity index is 1.77. The molecule has 21 heavy (non-hydrogen) atoms. The lowest BCUT2D eigenvalue weighted by Gasteiger charge is -2.31. The van der Waals surface area contributed by atoms with Gasteiger partial charge in [0.25, 0.3) is 0 Å². The van der Waals surface area contributed by atoms with Crippen LogP contribution < -0.4 is 10.6 Å². The lowest BCUT2D eigenvalue weighted by molar-refractivity contribution is -0.180. The molecule has 0 aromatic carbocycles. The Bertz CT molecular complexity index is 351. The molecule has 6 heteroatoms. The van der Waals surface area contributed by atoms with Gasteiger partial charge in [-0.15, -0.1) is 0 Å². The molecule has 122 valence electrons. The van der Waals surface area contributed by atoms with E-state index in [9.17, 15) is 18.0 Å². The van der Waals surface area contributed by atoms with Crippen molar-refractivity contribution >= 4 is 5.91 Å². The fraction of sp³-hybridized carbons (Fsp3) is 0.933. The molecule has 2 N–H and O–H groups in total. The molecule has 1 aliphatic heterocycles. The number of hydrogen-bond donors (Lipinski definition) is 2. The second-order valence-electron chi connectivity index (χ2n) is 6.60. The first kappa shape index (κ1) is 16.6. The number of hydrogen-bond acceptors (Lipinski definition) is 2. The van der Waals surface area contributed by atoms with E-state index in [-0.39, 0.29) is 31.3 Å². The summed E-state index contributed by atoms with van der Waals surface area (Å²) >= 11 is 0. The maximum Gasteiger partial charge on any atom is 0.393 e. The molecule has 1 saturated carbocycles. The van der Waals surface area contributed by atoms with E-state index >= 15 is 0 Å². The Morgan fingerprint density at radius 1 is 1.10 bits per heavy atom. The van der Waals surface area contributed by atoms with Gasteiger partial charge in [0.2, 0.25) is 5.91 Å². The van der Waals surface area contributed by atoms with Crippen LogP contribution in [0.4, 0.5) is 13.2 Å². The monoisotopic (exact) mass is 306 g/mol. The fourth-order valence-electron chi connectivity index (χ4n) is 3.29. The summed E-state index contributed by atoms with van der Waals surface area (Å²) in [5, 5.41) is 5.78. The number of amides is 1. The second kappa shape index (κ2) is 6.99. The van der Waals surface area contributed by atoms with Crippen molar-refractivity contribution < 1.29 is 18.0 Å². The molecule has 1 heterocycles. The van der Waals surface area contributed by atoms with Crippen LogP contribution in [0.1, 0.15) is 51.9 Å². The van der Waals surface area contributed by atoms with Gasteiger partial charge in [-0.2, -0.15) is 13.2 Å². The highest BCUT2D eigenvalue weighted by Crippen LogP contribution is 2.32. The highest BCUT2D eigenvalue weighted by molar-refractivity contribution is 5.82. The molecule has 0 aromatic rings. The number of carbonyl (C=O) groups is 1. The summed E-state index contributed by atoms with van der Waals surface area (Å²) in [5.41, 5.74) is 0. The van der Waals surface area contributed by atoms with Gasteiger partial charge in [-0.05, 0) is 38.0 Å². The highest BCUT2D eigenvalue weighted by atomic mass is 19.4. The van der Waals surface area contributed by atoms with Crippen LogP contribution in [-0.4, -0.2) is 30.7 Å². The first-order valence-corrected chi connectivity index (χ1v) is 7.96. The molecule has 4 unspecified atom stereocenters. The van der Waals surface area contributed by atoms with Crippen LogP contribution in [0.15, 0.2) is 0 Å². The third kappa shape index (κ3) is 4.87. The summed E-state index contributed by atoms with van der Waals surface area (Å²) in [6, 6.07) is -0.283. The van der Waals surface area contributed by atoms with Crippen LogP contribution in [0.25, 0.3) is 0 Å². The molecule has 0 aromatic heterocycles. The number of rotatable bonds is 2. The molecule has 2 aliphatic rings. The Labute approximate surface area is 124 Å². The third-order valence-electron chi connectivity index (χ3n) is 4.80. The van der Waals surface area contributed by atoms with Gasteiger partial charge < -0.3 is 10.6 Å². The molecule has 0 spiro atoms. The maximum absolute atomic E-state index is 12.6. The van der Waals surface area contributed by atoms with Gasteiger partial charge in [0.05, 0.1) is 12.0 Å². The molecule has 1 aliphatic carbocycles. The van der Waals surface area contributed by atoms with Crippen LogP contribution in [0.5, 0.6) is 0 Å². The minimum absolute atomic E-state index is 0.0380. The summed E-state index contributed by atoms with van der Waals surface area (Å²) in [6.07, 6.45) is 1.51. The molecule has 3 nitrogen and oxygen atoms in total. The second-order valence-corrected chi connectivity index (χ2v) is 6.60. The van der Waals surface area contributed by atoms with Crippen LogP contribution in [0.3, 0.4) is 0 Å². The zero-order chi connectivity index (χ0) is 15.5. The average Bonchev–Trinajstić information content (AvgIpc) is 2.63. The maximum atomic E-state index is 12.6. The number of carbonyl (C=O) groups excluding carboxylic acids is 1. The molecule has 2 rings (SSSR count). The van der Waals surface area contributed by atoms with E-state index in [4.69, 9.17) is 0 Å². The fourth-order valence-corrected chi connectivity index (χ4v) is 3.29. The number of alkyl halides is 3. The standard InChI is InChI=1S/C15H25F3N2O/c1-10-3-2-4-12(7-5-10)20-14(21)13-8-6-11(9-19-13)15(16,17)18/h10-13,19H,2-9H2,1H3,(H,20,21). The third-order valence-corrected chi connectivity index (χ3v) is 4.80. The van der Waals surface area contributed by atoms with E-state index in [1.165, 1.54) is 6.42 Å². The Morgan fingerprint density at radius 2 is 1.86 bits per heavy atom. The van der Waals surface area contributed by atoms with E-state index in [2.05, 4.69) is 17.6 Å². The number of nitrogens with one attached hydrogen (secondary N) is 2. The van der Waals surface area contributed by atoms with Crippen molar-refractivity contribution in [2.24, 2.45) is 11.8 Å². The van der Waals surface area contributed by atoms with Crippen molar-refractivity contribution in [3.05, 3.63) is 0 Å². The molecule has 4 atom stereocenters. The van der Waals surface area contributed by atoms with Crippen molar-refractivity contribution in [2.75, 3.05) is 6.54 Å². The molecule has 0 radical (unpaired) electrons. The largest absolute Gasteiger partial charge is 0.393 e. The number of halogens is 3. The number of piperidine rings is 1. The SMILES string of the molecule is CC1CCCC(NC(=O)C2CCC(C(F)(F)F)CN2)CC1. The van der Waals surface area contributed by atoms with Crippen LogP contribution in [0.2, 0.25) is 0 Å². The summed E-state index contributed by atoms with van der Waals surface area (Å²) in [6.45, 7) is 2.08. The normalized spacial score (nSPS) is 35.0. The zero-order valence-corrected chi connectivity index (χ0v) is 12.5. The van der Waals surface area contributed by atoms with Gasteiger partial charge >= 0.3 is 6.18 Å². The van der Waals surface area contributed by atoms with E-state index in [0.29, 0.717) is 5.92 Å². The van der Waals surface area contributed by atoms with Gasteiger partial charge in [0.1, 0.15) is 0 Å². The molecular weight excluding hydrogens is 281 g/mol.